The van der Waals surface area contributed by atoms with Gasteiger partial charge >= 0.3 is 6.09 Å². The van der Waals surface area contributed by atoms with Gasteiger partial charge in [-0.15, -0.1) is 0 Å². The van der Waals surface area contributed by atoms with Crippen LogP contribution in [0.2, 0.25) is 0 Å². The lowest BCUT2D eigenvalue weighted by molar-refractivity contribution is -0.128. The van der Waals surface area contributed by atoms with Crippen molar-refractivity contribution in [3.8, 4) is 0 Å². The van der Waals surface area contributed by atoms with Crippen LogP contribution in [-0.4, -0.2) is 46.3 Å². The summed E-state index contributed by atoms with van der Waals surface area (Å²) in [6.45, 7) is 6.34. The molecule has 6 rings (SSSR count). The fraction of sp³-hybridized carbons (Fsp3) is 0.514. The normalized spacial score (nSPS) is 25.0. The number of carbonyl (C=O) groups is 3. The quantitative estimate of drug-likeness (QED) is 0.167. The zero-order valence-corrected chi connectivity index (χ0v) is 26.9. The molecule has 4 N–H and O–H groups in total. The minimum atomic E-state index is -1.33. The van der Waals surface area contributed by atoms with Gasteiger partial charge in [-0.3, -0.25) is 9.59 Å². The van der Waals surface area contributed by atoms with Gasteiger partial charge in [-0.1, -0.05) is 62.4 Å². The minimum Gasteiger partial charge on any atom is -0.443 e. The molecular weight excluding hydrogens is 572 g/mol. The molecule has 1 aromatic heterocycles. The third-order valence-electron chi connectivity index (χ3n) is 9.73. The first-order valence-electron chi connectivity index (χ1n) is 15.9. The second kappa shape index (κ2) is 13.7. The molecule has 3 aliphatic carbocycles. The highest BCUT2D eigenvalue weighted by Crippen LogP contribution is 2.49. The number of carbonyl (C=O) groups excluding carboxylic acids is 3. The van der Waals surface area contributed by atoms with Crippen LogP contribution in [-0.2, 0) is 20.7 Å². The topological polar surface area (TPSA) is 112 Å². The Morgan fingerprint density at radius 1 is 1.09 bits per heavy atom. The molecule has 3 saturated carbocycles. The van der Waals surface area contributed by atoms with Crippen LogP contribution in [0.25, 0.3) is 10.9 Å². The van der Waals surface area contributed by atoms with Crippen LogP contribution in [0.5, 0.6) is 0 Å². The third kappa shape index (κ3) is 7.25. The molecule has 2 bridgehead atoms. The van der Waals surface area contributed by atoms with Gasteiger partial charge in [0.15, 0.2) is 0 Å². The number of hydrogen-bond acceptors (Lipinski definition) is 5. The highest BCUT2D eigenvalue weighted by Gasteiger charge is 2.49. The number of aromatic amines is 1. The van der Waals surface area contributed by atoms with Gasteiger partial charge in [0.2, 0.25) is 11.8 Å². The number of amides is 3. The molecule has 0 aliphatic heterocycles. The smallest absolute Gasteiger partial charge is 0.408 e. The Labute approximate surface area is 265 Å². The van der Waals surface area contributed by atoms with Gasteiger partial charge in [0.05, 0.1) is 6.04 Å². The summed E-state index contributed by atoms with van der Waals surface area (Å²) in [5, 5.41) is 10.1. The SMILES string of the molecule is CC1CC2CCC(OC(=O)NC(C)(Cc3c[nH]c4ccccc34)C(=O)NC[C@@H](NC(=O)CCS)c3ccccc3)(C1)C(C)C2. The van der Waals surface area contributed by atoms with Crippen LogP contribution in [0, 0.1) is 17.8 Å². The van der Waals surface area contributed by atoms with E-state index in [1.807, 2.05) is 60.8 Å². The lowest BCUT2D eigenvalue weighted by Crippen LogP contribution is -2.60. The summed E-state index contributed by atoms with van der Waals surface area (Å²) in [4.78, 5) is 43.7. The van der Waals surface area contributed by atoms with E-state index in [1.165, 1.54) is 6.42 Å². The Morgan fingerprint density at radius 3 is 2.59 bits per heavy atom. The molecule has 3 aliphatic rings. The number of ether oxygens (including phenoxy) is 1. The Kier molecular flexibility index (Phi) is 9.93. The number of hydrogen-bond donors (Lipinski definition) is 5. The van der Waals surface area contributed by atoms with Crippen LogP contribution in [0.1, 0.15) is 76.5 Å². The van der Waals surface area contributed by atoms with Crippen molar-refractivity contribution in [2.24, 2.45) is 17.8 Å². The number of alkyl carbamates (subject to hydrolysis) is 1. The molecule has 3 amide bonds. The van der Waals surface area contributed by atoms with E-state index >= 15 is 0 Å². The molecule has 44 heavy (non-hydrogen) atoms. The van der Waals surface area contributed by atoms with Crippen LogP contribution < -0.4 is 16.0 Å². The van der Waals surface area contributed by atoms with Crippen molar-refractivity contribution < 1.29 is 19.1 Å². The van der Waals surface area contributed by atoms with Crippen LogP contribution >= 0.6 is 12.6 Å². The third-order valence-corrected chi connectivity index (χ3v) is 9.95. The Bertz CT molecular complexity index is 1460. The van der Waals surface area contributed by atoms with Gasteiger partial charge in [0, 0.05) is 36.5 Å². The number of thiol groups is 1. The fourth-order valence-corrected chi connectivity index (χ4v) is 7.65. The Morgan fingerprint density at radius 2 is 1.84 bits per heavy atom. The van der Waals surface area contributed by atoms with E-state index in [0.717, 1.165) is 47.7 Å². The summed E-state index contributed by atoms with van der Waals surface area (Å²) >= 11 is 4.19. The molecule has 9 heteroatoms. The standard InChI is InChI=1S/C35H46N4O4S/c1-23-17-25-13-15-35(19-23,24(2)18-25)43-33(42)39-34(3,20-27-21-36-29-12-8-7-11-28(27)29)32(41)37-22-30(38-31(40)14-16-44)26-9-5-4-6-10-26/h4-12,21,23-25,30,36,44H,13-20,22H2,1-3H3,(H,37,41)(H,38,40)(H,39,42)/t23?,24?,25?,30-,34?,35?/m1/s1. The molecule has 1 heterocycles. The molecule has 2 aromatic carbocycles. The second-order valence-electron chi connectivity index (χ2n) is 13.2. The van der Waals surface area contributed by atoms with E-state index in [1.54, 1.807) is 6.92 Å². The van der Waals surface area contributed by atoms with Crippen LogP contribution in [0.3, 0.4) is 0 Å². The number of para-hydroxylation sites is 1. The van der Waals surface area contributed by atoms with Gasteiger partial charge < -0.3 is 25.7 Å². The average molecular weight is 619 g/mol. The van der Waals surface area contributed by atoms with Crippen molar-refractivity contribution in [3.63, 3.8) is 0 Å². The van der Waals surface area contributed by atoms with Crippen molar-refractivity contribution in [2.75, 3.05) is 12.3 Å². The maximum Gasteiger partial charge on any atom is 0.408 e. The summed E-state index contributed by atoms with van der Waals surface area (Å²) in [5.41, 5.74) is 0.893. The number of aromatic nitrogens is 1. The first kappa shape index (κ1) is 31.9. The van der Waals surface area contributed by atoms with Crippen molar-refractivity contribution >= 4 is 41.4 Å². The summed E-state index contributed by atoms with van der Waals surface area (Å²) in [6.07, 6.45) is 6.84. The lowest BCUT2D eigenvalue weighted by atomic mass is 9.73. The molecule has 0 saturated heterocycles. The molecule has 5 unspecified atom stereocenters. The molecule has 6 atom stereocenters. The molecule has 0 spiro atoms. The summed E-state index contributed by atoms with van der Waals surface area (Å²) < 4.78 is 6.35. The maximum atomic E-state index is 14.1. The second-order valence-corrected chi connectivity index (χ2v) is 13.7. The zero-order valence-electron chi connectivity index (χ0n) is 26.0. The Hall–Kier alpha value is -3.46. The summed E-state index contributed by atoms with van der Waals surface area (Å²) in [5.74, 6) is 1.35. The first-order chi connectivity index (χ1) is 21.1. The van der Waals surface area contributed by atoms with E-state index < -0.39 is 23.3 Å². The lowest BCUT2D eigenvalue weighted by Gasteiger charge is -2.43. The highest BCUT2D eigenvalue weighted by atomic mass is 32.1. The monoisotopic (exact) mass is 618 g/mol. The number of rotatable bonds is 11. The van der Waals surface area contributed by atoms with Gasteiger partial charge in [-0.25, -0.2) is 4.79 Å². The van der Waals surface area contributed by atoms with E-state index in [-0.39, 0.29) is 37.1 Å². The minimum absolute atomic E-state index is 0.146. The van der Waals surface area contributed by atoms with E-state index in [0.29, 0.717) is 17.6 Å². The predicted octanol–water partition coefficient (Wildman–Crippen LogP) is 6.09. The van der Waals surface area contributed by atoms with E-state index in [9.17, 15) is 14.4 Å². The summed E-state index contributed by atoms with van der Waals surface area (Å²) in [7, 11) is 0. The van der Waals surface area contributed by atoms with Gasteiger partial charge in [0.25, 0.3) is 0 Å². The summed E-state index contributed by atoms with van der Waals surface area (Å²) in [6, 6.07) is 17.0. The molecule has 236 valence electrons. The predicted molar refractivity (Wildman–Crippen MR) is 176 cm³/mol. The van der Waals surface area contributed by atoms with Crippen molar-refractivity contribution in [3.05, 3.63) is 71.9 Å². The molecule has 3 aromatic rings. The van der Waals surface area contributed by atoms with Crippen molar-refractivity contribution in [1.82, 2.24) is 20.9 Å². The average Bonchev–Trinajstić information content (AvgIpc) is 3.26. The van der Waals surface area contributed by atoms with Crippen LogP contribution in [0.4, 0.5) is 4.79 Å². The number of nitrogens with one attached hydrogen (secondary N) is 4. The van der Waals surface area contributed by atoms with E-state index in [4.69, 9.17) is 4.74 Å². The first-order valence-corrected chi connectivity index (χ1v) is 16.5. The molecule has 3 fully saturated rings. The van der Waals surface area contributed by atoms with Crippen molar-refractivity contribution in [2.45, 2.75) is 82.9 Å². The highest BCUT2D eigenvalue weighted by molar-refractivity contribution is 7.80. The maximum absolute atomic E-state index is 14.1. The van der Waals surface area contributed by atoms with Gasteiger partial charge in [0.1, 0.15) is 11.1 Å². The fourth-order valence-electron chi connectivity index (χ4n) is 7.45. The Balaban J connectivity index is 1.38. The molecular formula is C35H46N4O4S. The number of fused-ring (bicyclic) bond motifs is 5. The van der Waals surface area contributed by atoms with Gasteiger partial charge in [-0.05, 0) is 79.7 Å². The zero-order chi connectivity index (χ0) is 31.3. The molecule has 0 radical (unpaired) electrons. The van der Waals surface area contributed by atoms with Crippen molar-refractivity contribution in [1.29, 1.82) is 0 Å². The molecule has 8 nitrogen and oxygen atoms in total. The largest absolute Gasteiger partial charge is 0.443 e. The number of H-pyrrole nitrogens is 1. The van der Waals surface area contributed by atoms with E-state index in [2.05, 4.69) is 47.4 Å². The van der Waals surface area contributed by atoms with Gasteiger partial charge in [-0.2, -0.15) is 12.6 Å². The van der Waals surface area contributed by atoms with Crippen LogP contribution in [0.15, 0.2) is 60.8 Å². The number of benzene rings is 2.